The average molecular weight is 149 g/mol. The lowest BCUT2D eigenvalue weighted by molar-refractivity contribution is 1.70. The molecule has 0 fully saturated rings. The van der Waals surface area contributed by atoms with Crippen LogP contribution in [0.4, 0.5) is 5.69 Å². The van der Waals surface area contributed by atoms with Crippen LogP contribution in [-0.4, -0.2) is 10.2 Å². The zero-order chi connectivity index (χ0) is 7.56. The second-order valence-corrected chi connectivity index (χ2v) is 3.27. The van der Waals surface area contributed by atoms with Crippen LogP contribution in [0.15, 0.2) is 24.8 Å². The minimum atomic E-state index is 0.893. The Bertz CT molecular complexity index is 255. The summed E-state index contributed by atoms with van der Waals surface area (Å²) in [4.78, 5) is 0. The largest absolute Gasteiger partial charge is 0.399 e. The summed E-state index contributed by atoms with van der Waals surface area (Å²) >= 11 is 0. The molecule has 1 aromatic rings. The van der Waals surface area contributed by atoms with Crippen LogP contribution in [0.3, 0.4) is 0 Å². The molecule has 0 atom stereocenters. The fourth-order valence-corrected chi connectivity index (χ4v) is 1.43. The molecular weight excluding hydrogens is 138 g/mol. The van der Waals surface area contributed by atoms with Crippen LogP contribution in [0.25, 0.3) is 6.08 Å². The van der Waals surface area contributed by atoms with Gasteiger partial charge < -0.3 is 5.73 Å². The van der Waals surface area contributed by atoms with Gasteiger partial charge in [-0.2, -0.15) is 0 Å². The summed E-state index contributed by atoms with van der Waals surface area (Å²) in [7, 11) is 0.991. The highest BCUT2D eigenvalue weighted by atomic mass is 28.1. The molecule has 2 N–H and O–H groups in total. The number of nitrogens with two attached hydrogens (primary N) is 1. The first-order valence-corrected chi connectivity index (χ1v) is 4.23. The smallest absolute Gasteiger partial charge is 0.0419 e. The number of hydrogen-bond donors (Lipinski definition) is 1. The Morgan fingerprint density at radius 3 is 2.70 bits per heavy atom. The summed E-state index contributed by atoms with van der Waals surface area (Å²) in [5, 5.41) is 1.25. The van der Waals surface area contributed by atoms with Crippen LogP contribution in [-0.2, 0) is 0 Å². The lowest BCUT2D eigenvalue weighted by Crippen LogP contribution is -2.12. The van der Waals surface area contributed by atoms with Crippen molar-refractivity contribution >= 4 is 27.2 Å². The first-order chi connectivity index (χ1) is 4.75. The molecule has 0 heterocycles. The number of benzene rings is 1. The maximum absolute atomic E-state index is 5.68. The van der Waals surface area contributed by atoms with E-state index in [1.807, 2.05) is 24.3 Å². The second-order valence-electron chi connectivity index (χ2n) is 2.27. The van der Waals surface area contributed by atoms with Crippen molar-refractivity contribution in [3.63, 3.8) is 0 Å². The molecule has 52 valence electrons. The Kier molecular flexibility index (Phi) is 1.92. The second kappa shape index (κ2) is 2.71. The van der Waals surface area contributed by atoms with Crippen molar-refractivity contribution in [1.82, 2.24) is 0 Å². The van der Waals surface area contributed by atoms with E-state index in [9.17, 15) is 0 Å². The molecule has 10 heavy (non-hydrogen) atoms. The van der Waals surface area contributed by atoms with Crippen molar-refractivity contribution in [2.45, 2.75) is 0 Å². The van der Waals surface area contributed by atoms with E-state index in [-0.39, 0.29) is 0 Å². The third-order valence-electron chi connectivity index (χ3n) is 1.64. The fourth-order valence-electron chi connectivity index (χ4n) is 0.893. The van der Waals surface area contributed by atoms with Gasteiger partial charge in [-0.25, -0.2) is 0 Å². The van der Waals surface area contributed by atoms with Crippen molar-refractivity contribution in [2.24, 2.45) is 0 Å². The first kappa shape index (κ1) is 7.09. The SMILES string of the molecule is C=Cc1cccc(N)c1[SiH3]. The summed E-state index contributed by atoms with van der Waals surface area (Å²) in [6.45, 7) is 3.70. The summed E-state index contributed by atoms with van der Waals surface area (Å²) in [6.07, 6.45) is 1.85. The predicted molar refractivity (Wildman–Crippen MR) is 50.5 cm³/mol. The highest BCUT2D eigenvalue weighted by molar-refractivity contribution is 6.37. The molecular formula is C8H11NSi. The lowest BCUT2D eigenvalue weighted by atomic mass is 10.2. The molecule has 0 aromatic heterocycles. The van der Waals surface area contributed by atoms with Crippen molar-refractivity contribution in [2.75, 3.05) is 5.73 Å². The Labute approximate surface area is 64.0 Å². The van der Waals surface area contributed by atoms with Gasteiger partial charge in [-0.05, 0) is 16.8 Å². The van der Waals surface area contributed by atoms with Gasteiger partial charge in [0.1, 0.15) is 0 Å². The van der Waals surface area contributed by atoms with Crippen molar-refractivity contribution < 1.29 is 0 Å². The maximum Gasteiger partial charge on any atom is 0.0419 e. The number of nitrogen functional groups attached to an aromatic ring is 1. The summed E-state index contributed by atoms with van der Waals surface area (Å²) < 4.78 is 0. The Hall–Kier alpha value is -1.02. The van der Waals surface area contributed by atoms with Gasteiger partial charge in [0.15, 0.2) is 0 Å². The van der Waals surface area contributed by atoms with E-state index in [0.717, 1.165) is 15.9 Å². The summed E-state index contributed by atoms with van der Waals surface area (Å²) in [5.41, 5.74) is 7.75. The quantitative estimate of drug-likeness (QED) is 0.438. The molecule has 0 bridgehead atoms. The molecule has 0 saturated carbocycles. The third kappa shape index (κ3) is 1.11. The molecule has 1 aromatic carbocycles. The van der Waals surface area contributed by atoms with E-state index in [1.165, 1.54) is 10.8 Å². The zero-order valence-electron chi connectivity index (χ0n) is 6.09. The highest BCUT2D eigenvalue weighted by Crippen LogP contribution is 2.02. The van der Waals surface area contributed by atoms with Crippen molar-refractivity contribution in [3.8, 4) is 0 Å². The topological polar surface area (TPSA) is 26.0 Å². The van der Waals surface area contributed by atoms with Gasteiger partial charge in [0, 0.05) is 15.9 Å². The minimum Gasteiger partial charge on any atom is -0.399 e. The van der Waals surface area contributed by atoms with Gasteiger partial charge >= 0.3 is 0 Å². The van der Waals surface area contributed by atoms with Gasteiger partial charge in [-0.3, -0.25) is 0 Å². The lowest BCUT2D eigenvalue weighted by Gasteiger charge is -2.01. The molecule has 0 aliphatic heterocycles. The third-order valence-corrected chi connectivity index (χ3v) is 2.79. The molecule has 0 spiro atoms. The monoisotopic (exact) mass is 149 g/mol. The molecule has 0 amide bonds. The predicted octanol–water partition coefficient (Wildman–Crippen LogP) is -0.0975. The maximum atomic E-state index is 5.68. The van der Waals surface area contributed by atoms with Crippen LogP contribution in [0, 0.1) is 0 Å². The standard InChI is InChI=1S/C8H11NSi/c1-2-6-4-3-5-7(9)8(6)10/h2-5H,1,9H2,10H3. The zero-order valence-corrected chi connectivity index (χ0v) is 8.09. The summed E-state index contributed by atoms with van der Waals surface area (Å²) in [5.74, 6) is 0. The van der Waals surface area contributed by atoms with Gasteiger partial charge in [-0.1, -0.05) is 24.8 Å². The molecule has 1 rings (SSSR count). The Balaban J connectivity index is 3.27. The Morgan fingerprint density at radius 1 is 1.50 bits per heavy atom. The Morgan fingerprint density at radius 2 is 2.20 bits per heavy atom. The van der Waals surface area contributed by atoms with Gasteiger partial charge in [0.25, 0.3) is 0 Å². The number of anilines is 1. The van der Waals surface area contributed by atoms with Gasteiger partial charge in [0.05, 0.1) is 0 Å². The van der Waals surface area contributed by atoms with Gasteiger partial charge in [0.2, 0.25) is 0 Å². The fraction of sp³-hybridized carbons (Fsp3) is 0. The van der Waals surface area contributed by atoms with Crippen LogP contribution in [0.5, 0.6) is 0 Å². The molecule has 0 saturated heterocycles. The van der Waals surface area contributed by atoms with E-state index in [2.05, 4.69) is 6.58 Å². The van der Waals surface area contributed by atoms with E-state index in [1.54, 1.807) is 0 Å². The van der Waals surface area contributed by atoms with Crippen LogP contribution < -0.4 is 10.9 Å². The van der Waals surface area contributed by atoms with E-state index in [4.69, 9.17) is 5.73 Å². The van der Waals surface area contributed by atoms with E-state index < -0.39 is 0 Å². The number of hydrogen-bond acceptors (Lipinski definition) is 1. The molecule has 1 nitrogen and oxygen atoms in total. The van der Waals surface area contributed by atoms with Crippen molar-refractivity contribution in [3.05, 3.63) is 30.3 Å². The summed E-state index contributed by atoms with van der Waals surface area (Å²) in [6, 6.07) is 5.91. The molecule has 0 aliphatic carbocycles. The first-order valence-electron chi connectivity index (χ1n) is 3.23. The van der Waals surface area contributed by atoms with Crippen LogP contribution >= 0.6 is 0 Å². The molecule has 0 aliphatic rings. The van der Waals surface area contributed by atoms with Crippen molar-refractivity contribution in [1.29, 1.82) is 0 Å². The van der Waals surface area contributed by atoms with E-state index >= 15 is 0 Å². The van der Waals surface area contributed by atoms with Gasteiger partial charge in [-0.15, -0.1) is 0 Å². The molecule has 0 radical (unpaired) electrons. The molecule has 2 heteroatoms. The van der Waals surface area contributed by atoms with E-state index in [0.29, 0.717) is 0 Å². The number of rotatable bonds is 1. The highest BCUT2D eigenvalue weighted by Gasteiger charge is 1.94. The normalized spacial score (nSPS) is 9.60. The minimum absolute atomic E-state index is 0.893. The van der Waals surface area contributed by atoms with Crippen LogP contribution in [0.1, 0.15) is 5.56 Å². The average Bonchev–Trinajstić information content (AvgIpc) is 1.95. The van der Waals surface area contributed by atoms with Crippen LogP contribution in [0.2, 0.25) is 0 Å². The molecule has 0 unspecified atom stereocenters.